The van der Waals surface area contributed by atoms with Crippen LogP contribution in [0.25, 0.3) is 0 Å². The summed E-state index contributed by atoms with van der Waals surface area (Å²) < 4.78 is 49.6. The maximum absolute atomic E-state index is 9.91. The summed E-state index contributed by atoms with van der Waals surface area (Å²) in [6.07, 6.45) is 28.0. The molecule has 0 heterocycles. The number of hydrogen-bond acceptors (Lipinski definition) is 0. The van der Waals surface area contributed by atoms with Gasteiger partial charge < -0.3 is 4.70 Å². The van der Waals surface area contributed by atoms with Crippen LogP contribution in [0.5, 0.6) is 0 Å². The van der Waals surface area contributed by atoms with Gasteiger partial charge in [0.2, 0.25) is 0 Å². The van der Waals surface area contributed by atoms with Crippen molar-refractivity contribution in [3.8, 4) is 0 Å². The normalized spacial score (nSPS) is 23.5. The van der Waals surface area contributed by atoms with Gasteiger partial charge in [0.05, 0.1) is 0 Å². The fraction of sp³-hybridized carbons (Fsp3) is 0.500. The summed E-state index contributed by atoms with van der Waals surface area (Å²) in [6.45, 7) is 0. The van der Waals surface area contributed by atoms with Gasteiger partial charge in [0.1, 0.15) is 0 Å². The molecule has 2 aliphatic rings. The van der Waals surface area contributed by atoms with Crippen molar-refractivity contribution >= 4 is 20.3 Å². The molecular formula is C16H24F6RhSb-. The number of rotatable bonds is 0. The summed E-state index contributed by atoms with van der Waals surface area (Å²) in [5, 5.41) is 0. The Kier molecular flexibility index (Phi) is 19.7. The third-order valence-electron chi connectivity index (χ3n) is 2.67. The summed E-state index contributed by atoms with van der Waals surface area (Å²) in [6, 6.07) is 0. The van der Waals surface area contributed by atoms with Crippen molar-refractivity contribution < 1.29 is 38.2 Å². The molecule has 0 saturated heterocycles. The smallest absolute Gasteiger partial charge is 0 e. The summed E-state index contributed by atoms with van der Waals surface area (Å²) in [5.41, 5.74) is 0. The van der Waals surface area contributed by atoms with Gasteiger partial charge in [0, 0.05) is 19.5 Å². The van der Waals surface area contributed by atoms with Crippen LogP contribution in [0, 0.1) is 0 Å². The van der Waals surface area contributed by atoms with Crippen LogP contribution in [0.1, 0.15) is 51.4 Å². The van der Waals surface area contributed by atoms with E-state index in [-0.39, 0.29) is 24.2 Å². The molecule has 0 atom stereocenters. The number of allylic oxidation sites excluding steroid dienone is 8. The minimum Gasteiger partial charge on any atom is 0 e. The van der Waals surface area contributed by atoms with E-state index in [4.69, 9.17) is 0 Å². The molecule has 0 aromatic carbocycles. The first-order valence-corrected chi connectivity index (χ1v) is 12.3. The van der Waals surface area contributed by atoms with Crippen LogP contribution >= 0.6 is 0 Å². The second-order valence-corrected chi connectivity index (χ2v) is 8.48. The molecule has 24 heavy (non-hydrogen) atoms. The molecule has 0 fully saturated rings. The Morgan fingerprint density at radius 1 is 0.417 bits per heavy atom. The van der Waals surface area contributed by atoms with Gasteiger partial charge in [0.25, 0.3) is 0 Å². The molecule has 0 spiro atoms. The van der Waals surface area contributed by atoms with E-state index in [1.54, 1.807) is 0 Å². The van der Waals surface area contributed by atoms with E-state index in [2.05, 4.69) is 48.6 Å². The Balaban J connectivity index is -0.000000268. The van der Waals surface area contributed by atoms with E-state index < -0.39 is 20.3 Å². The molecular weight excluding hydrogens is 531 g/mol. The van der Waals surface area contributed by atoms with Gasteiger partial charge in [-0.3, -0.25) is 0 Å². The minimum atomic E-state index is -9.19. The number of hydrogen-bond donors (Lipinski definition) is 0. The zero-order valence-electron chi connectivity index (χ0n) is 13.3. The topological polar surface area (TPSA) is 0 Å². The third kappa shape index (κ3) is 37.9. The quantitative estimate of drug-likeness (QED) is 0.241. The van der Waals surface area contributed by atoms with Crippen molar-refractivity contribution in [2.45, 2.75) is 51.4 Å². The maximum Gasteiger partial charge on any atom is 0 e. The first-order chi connectivity index (χ1) is 10.2. The second kappa shape index (κ2) is 16.5. The fourth-order valence-corrected chi connectivity index (χ4v) is 1.71. The molecule has 1 radical (unpaired) electrons. The van der Waals surface area contributed by atoms with E-state index in [0.717, 1.165) is 0 Å². The maximum atomic E-state index is 9.91. The van der Waals surface area contributed by atoms with Crippen molar-refractivity contribution in [1.82, 2.24) is 0 Å². The summed E-state index contributed by atoms with van der Waals surface area (Å²) in [7, 11) is 0. The average molecular weight is 555 g/mol. The van der Waals surface area contributed by atoms with Gasteiger partial charge in [0.15, 0.2) is 0 Å². The standard InChI is InChI=1S/2C8H12.6FH.Rh.Sb/c2*1-2-4-6-8-7-5-3-1;;;;;;;;/h2*1-2,7-8H,3-6H2;6*1H;;/q;;;;;;;;;+5/p-6/b2*2-1-,8-7-;;;;;;;;. The first kappa shape index (κ1) is 28.8. The fourth-order valence-electron chi connectivity index (χ4n) is 1.71. The van der Waals surface area contributed by atoms with Gasteiger partial charge in [-0.15, -0.1) is 0 Å². The van der Waals surface area contributed by atoms with Crippen LogP contribution < -0.4 is 4.70 Å². The van der Waals surface area contributed by atoms with E-state index in [1.165, 1.54) is 51.4 Å². The van der Waals surface area contributed by atoms with Crippen LogP contribution in [0.2, 0.25) is 0 Å². The van der Waals surface area contributed by atoms with Crippen LogP contribution in [0.15, 0.2) is 48.6 Å². The van der Waals surface area contributed by atoms with Gasteiger partial charge in [-0.2, -0.15) is 0 Å². The average Bonchev–Trinajstić information content (AvgIpc) is 2.23. The van der Waals surface area contributed by atoms with Gasteiger partial charge >= 0.3 is 34.4 Å². The van der Waals surface area contributed by atoms with Crippen LogP contribution in [0.3, 0.4) is 0 Å². The van der Waals surface area contributed by atoms with Gasteiger partial charge in [-0.25, -0.2) is 0 Å². The van der Waals surface area contributed by atoms with Crippen molar-refractivity contribution in [3.63, 3.8) is 0 Å². The van der Waals surface area contributed by atoms with Crippen molar-refractivity contribution in [3.05, 3.63) is 48.6 Å². The number of halogens is 6. The van der Waals surface area contributed by atoms with Crippen molar-refractivity contribution in [2.75, 3.05) is 0 Å². The third-order valence-corrected chi connectivity index (χ3v) is 2.67. The van der Waals surface area contributed by atoms with Gasteiger partial charge in [-0.05, 0) is 51.4 Å². The predicted octanol–water partition coefficient (Wildman–Crippen LogP) is 4.07. The van der Waals surface area contributed by atoms with Crippen molar-refractivity contribution in [1.29, 1.82) is 0 Å². The Morgan fingerprint density at radius 2 is 0.500 bits per heavy atom. The molecule has 0 unspecified atom stereocenters. The molecule has 2 rings (SSSR count). The first-order valence-electron chi connectivity index (χ1n) is 7.44. The Labute approximate surface area is 158 Å². The molecule has 0 aromatic heterocycles. The minimum absolute atomic E-state index is 0. The Hall–Kier alpha value is -0.0184. The van der Waals surface area contributed by atoms with Crippen LogP contribution in [-0.4, -0.2) is 20.3 Å². The van der Waals surface area contributed by atoms with E-state index >= 15 is 0 Å². The zero-order valence-corrected chi connectivity index (χ0v) is 17.5. The largest absolute Gasteiger partial charge is 0 e. The monoisotopic (exact) mass is 554 g/mol. The summed E-state index contributed by atoms with van der Waals surface area (Å²) in [4.78, 5) is 0. The van der Waals surface area contributed by atoms with E-state index in [9.17, 15) is 14.1 Å². The van der Waals surface area contributed by atoms with E-state index in [1.807, 2.05) is 0 Å². The van der Waals surface area contributed by atoms with Crippen molar-refractivity contribution in [2.24, 2.45) is 0 Å². The predicted molar refractivity (Wildman–Crippen MR) is 84.8 cm³/mol. The molecule has 0 amide bonds. The van der Waals surface area contributed by atoms with Gasteiger partial charge in [-0.1, -0.05) is 48.6 Å². The molecule has 0 N–H and O–H groups in total. The molecule has 8 heteroatoms. The zero-order chi connectivity index (χ0) is 16.8. The summed E-state index contributed by atoms with van der Waals surface area (Å²) in [5.74, 6) is 0. The molecule has 0 bridgehead atoms. The SMILES string of the molecule is C1=C\CC/C=C\CC/1.C1=C\CC/C=C\CC/1.[F-].[F][Sb]([F])([F])([F])[F].[Rh]. The van der Waals surface area contributed by atoms with Crippen LogP contribution in [-0.2, 0) is 19.5 Å². The molecule has 2 aliphatic carbocycles. The Morgan fingerprint density at radius 3 is 0.583 bits per heavy atom. The molecule has 0 aliphatic heterocycles. The molecule has 0 aromatic rings. The van der Waals surface area contributed by atoms with Crippen LogP contribution in [0.4, 0.5) is 14.1 Å². The Bertz CT molecular complexity index is 300. The second-order valence-electron chi connectivity index (χ2n) is 4.83. The summed E-state index contributed by atoms with van der Waals surface area (Å²) >= 11 is -9.19. The molecule has 0 nitrogen and oxygen atoms in total. The van der Waals surface area contributed by atoms with E-state index in [0.29, 0.717) is 0 Å². The molecule has 0 saturated carbocycles. The molecule has 145 valence electrons.